The van der Waals surface area contributed by atoms with E-state index in [1.54, 1.807) is 0 Å². The maximum Gasteiger partial charge on any atom is 0.472 e. The summed E-state index contributed by atoms with van der Waals surface area (Å²) >= 11 is 0. The maximum absolute atomic E-state index is 12.8. The van der Waals surface area contributed by atoms with Gasteiger partial charge in [-0.2, -0.15) is 0 Å². The zero-order valence-electron chi connectivity index (χ0n) is 40.2. The van der Waals surface area contributed by atoms with Gasteiger partial charge in [0.25, 0.3) is 0 Å². The third-order valence-corrected chi connectivity index (χ3v) is 11.1. The second-order valence-electron chi connectivity index (χ2n) is 16.3. The topological polar surface area (TPSA) is 155 Å². The molecule has 11 nitrogen and oxygen atoms in total. The molecule has 0 bridgehead atoms. The van der Waals surface area contributed by atoms with Crippen molar-refractivity contribution in [1.29, 1.82) is 0 Å². The van der Waals surface area contributed by atoms with Crippen LogP contribution in [0.15, 0.2) is 72.9 Å². The van der Waals surface area contributed by atoms with Crippen molar-refractivity contribution in [3.8, 4) is 0 Å². The first-order valence-corrected chi connectivity index (χ1v) is 26.3. The Labute approximate surface area is 388 Å². The van der Waals surface area contributed by atoms with E-state index in [0.29, 0.717) is 19.3 Å². The number of aliphatic hydroxyl groups excluding tert-OH is 1. The smallest absolute Gasteiger partial charge is 0.462 e. The van der Waals surface area contributed by atoms with Gasteiger partial charge in [-0.25, -0.2) is 4.57 Å². The Morgan fingerprint density at radius 1 is 0.453 bits per heavy atom. The van der Waals surface area contributed by atoms with E-state index in [1.165, 1.54) is 64.2 Å². The first-order valence-electron chi connectivity index (χ1n) is 24.8. The minimum absolute atomic E-state index is 0.0426. The number of hydrogen-bond donors (Lipinski definition) is 2. The molecular weight excluding hydrogens is 832 g/mol. The van der Waals surface area contributed by atoms with Crippen LogP contribution in [0.4, 0.5) is 0 Å². The summed E-state index contributed by atoms with van der Waals surface area (Å²) in [5, 5.41) is 9.72. The van der Waals surface area contributed by atoms with Crippen molar-refractivity contribution in [3.63, 3.8) is 0 Å². The van der Waals surface area contributed by atoms with Gasteiger partial charge >= 0.3 is 25.7 Å². The lowest BCUT2D eigenvalue weighted by Crippen LogP contribution is -2.30. The van der Waals surface area contributed by atoms with Crippen molar-refractivity contribution < 1.29 is 52.2 Å². The van der Waals surface area contributed by atoms with Crippen LogP contribution in [0.5, 0.6) is 0 Å². The predicted octanol–water partition coefficient (Wildman–Crippen LogP) is 13.8. The van der Waals surface area contributed by atoms with Crippen LogP contribution in [0.3, 0.4) is 0 Å². The Kier molecular flexibility index (Phi) is 44.2. The summed E-state index contributed by atoms with van der Waals surface area (Å²) in [5.41, 5.74) is 0. The number of aliphatic hydroxyl groups is 1. The molecule has 0 aliphatic rings. The quantitative estimate of drug-likeness (QED) is 0.0197. The highest BCUT2D eigenvalue weighted by atomic mass is 31.2. The Hall–Kier alpha value is -3.08. The highest BCUT2D eigenvalue weighted by Gasteiger charge is 2.28. The maximum atomic E-state index is 12.8. The minimum Gasteiger partial charge on any atom is -0.462 e. The van der Waals surface area contributed by atoms with Crippen molar-refractivity contribution in [2.75, 3.05) is 26.4 Å². The lowest BCUT2D eigenvalue weighted by atomic mass is 10.1. The van der Waals surface area contributed by atoms with Crippen LogP contribution in [0.2, 0.25) is 0 Å². The zero-order valence-corrected chi connectivity index (χ0v) is 41.1. The standard InChI is InChI=1S/C52H89O11P/c1-4-7-10-13-16-19-20-21-22-23-24-25-26-27-28-31-34-37-40-43-52(56)63-49(45-59-50(54)41-38-35-32-29-17-14-11-8-5-2)47-61-64(57,58)60-46-48(44-53)62-51(55)42-39-36-33-30-18-15-12-9-6-3/h7,10,16,19,21-22,24-25,27-28,34,37,48-49,53H,4-6,8-9,11-15,17-18,20,23,26,29-33,35-36,38-47H2,1-3H3,(H,57,58)/b10-7-,19-16-,22-21-,25-24-,28-27-,37-34-. The number of carbonyl (C=O) groups is 3. The number of rotatable bonds is 45. The Morgan fingerprint density at radius 3 is 1.25 bits per heavy atom. The van der Waals surface area contributed by atoms with Crippen LogP contribution in [0.1, 0.15) is 201 Å². The number of phosphoric ester groups is 1. The highest BCUT2D eigenvalue weighted by Crippen LogP contribution is 2.43. The van der Waals surface area contributed by atoms with Crippen LogP contribution in [-0.2, 0) is 42.2 Å². The molecule has 0 heterocycles. The van der Waals surface area contributed by atoms with Gasteiger partial charge in [-0.05, 0) is 57.8 Å². The van der Waals surface area contributed by atoms with Crippen molar-refractivity contribution in [2.45, 2.75) is 213 Å². The van der Waals surface area contributed by atoms with Gasteiger partial charge in [0.15, 0.2) is 6.10 Å². The van der Waals surface area contributed by atoms with Gasteiger partial charge < -0.3 is 24.2 Å². The van der Waals surface area contributed by atoms with E-state index in [1.807, 2.05) is 12.2 Å². The van der Waals surface area contributed by atoms with Crippen molar-refractivity contribution in [3.05, 3.63) is 72.9 Å². The SMILES string of the molecule is CC/C=C\C/C=C\C/C=C\C/C=C\C/C=C\C/C=C\CCC(=O)OC(COC(=O)CCCCCCCCCCC)COP(=O)(O)OCC(CO)OC(=O)CCCCCCCCCCC. The first-order chi connectivity index (χ1) is 31.2. The number of ether oxygens (including phenoxy) is 3. The molecule has 0 aliphatic carbocycles. The molecule has 0 aromatic heterocycles. The molecule has 0 saturated carbocycles. The molecule has 3 unspecified atom stereocenters. The third kappa shape index (κ3) is 44.1. The zero-order chi connectivity index (χ0) is 47.0. The Morgan fingerprint density at radius 2 is 0.812 bits per heavy atom. The summed E-state index contributed by atoms with van der Waals surface area (Å²) in [5.74, 6) is -1.57. The molecule has 0 aromatic rings. The summed E-state index contributed by atoms with van der Waals surface area (Å²) in [4.78, 5) is 48.0. The number of hydrogen-bond acceptors (Lipinski definition) is 10. The Balaban J connectivity index is 4.84. The Bertz CT molecular complexity index is 1350. The molecule has 2 N–H and O–H groups in total. The molecule has 0 aliphatic heterocycles. The fourth-order valence-corrected chi connectivity index (χ4v) is 7.16. The van der Waals surface area contributed by atoms with Crippen LogP contribution < -0.4 is 0 Å². The van der Waals surface area contributed by atoms with Gasteiger partial charge in [-0.1, -0.05) is 196 Å². The normalized spacial score (nSPS) is 14.1. The largest absolute Gasteiger partial charge is 0.472 e. The van der Waals surface area contributed by atoms with Gasteiger partial charge in [0.2, 0.25) is 0 Å². The number of allylic oxidation sites excluding steroid dienone is 12. The average molecular weight is 921 g/mol. The summed E-state index contributed by atoms with van der Waals surface area (Å²) in [7, 11) is -4.75. The third-order valence-electron chi connectivity index (χ3n) is 10.2. The highest BCUT2D eigenvalue weighted by molar-refractivity contribution is 7.47. The molecule has 0 spiro atoms. The minimum atomic E-state index is -4.75. The van der Waals surface area contributed by atoms with Crippen LogP contribution in [-0.4, -0.2) is 66.5 Å². The van der Waals surface area contributed by atoms with Crippen molar-refractivity contribution >= 4 is 25.7 Å². The summed E-state index contributed by atoms with van der Waals surface area (Å²) in [6.07, 6.45) is 49.1. The summed E-state index contributed by atoms with van der Waals surface area (Å²) < 4.78 is 39.1. The van der Waals surface area contributed by atoms with Gasteiger partial charge in [0.1, 0.15) is 12.7 Å². The molecule has 0 aromatic carbocycles. The van der Waals surface area contributed by atoms with Crippen LogP contribution >= 0.6 is 7.82 Å². The van der Waals surface area contributed by atoms with E-state index < -0.39 is 57.8 Å². The van der Waals surface area contributed by atoms with E-state index in [0.717, 1.165) is 77.0 Å². The molecule has 3 atom stereocenters. The monoisotopic (exact) mass is 921 g/mol. The first kappa shape index (κ1) is 60.9. The number of phosphoric acid groups is 1. The van der Waals surface area contributed by atoms with Gasteiger partial charge in [-0.3, -0.25) is 23.4 Å². The molecule has 0 fully saturated rings. The number of carbonyl (C=O) groups excluding carboxylic acids is 3. The fraction of sp³-hybridized carbons (Fsp3) is 0.712. The van der Waals surface area contributed by atoms with E-state index >= 15 is 0 Å². The molecular formula is C52H89O11P. The molecule has 0 amide bonds. The molecule has 368 valence electrons. The van der Waals surface area contributed by atoms with Gasteiger partial charge in [0, 0.05) is 19.3 Å². The summed E-state index contributed by atoms with van der Waals surface area (Å²) in [6.45, 7) is 4.37. The van der Waals surface area contributed by atoms with E-state index in [2.05, 4.69) is 81.5 Å². The van der Waals surface area contributed by atoms with Crippen LogP contribution in [0.25, 0.3) is 0 Å². The van der Waals surface area contributed by atoms with Gasteiger partial charge in [0.05, 0.1) is 19.8 Å². The van der Waals surface area contributed by atoms with Crippen molar-refractivity contribution in [2.24, 2.45) is 0 Å². The number of unbranched alkanes of at least 4 members (excludes halogenated alkanes) is 16. The summed E-state index contributed by atoms with van der Waals surface area (Å²) in [6, 6.07) is 0. The molecule has 0 rings (SSSR count). The predicted molar refractivity (Wildman–Crippen MR) is 261 cm³/mol. The fourth-order valence-electron chi connectivity index (χ4n) is 6.38. The molecule has 0 saturated heterocycles. The average Bonchev–Trinajstić information content (AvgIpc) is 3.28. The van der Waals surface area contributed by atoms with E-state index in [4.69, 9.17) is 23.3 Å². The van der Waals surface area contributed by atoms with Crippen molar-refractivity contribution in [1.82, 2.24) is 0 Å². The lowest BCUT2D eigenvalue weighted by Gasteiger charge is -2.21. The second kappa shape index (κ2) is 46.4. The van der Waals surface area contributed by atoms with E-state index in [9.17, 15) is 28.9 Å². The van der Waals surface area contributed by atoms with Gasteiger partial charge in [-0.15, -0.1) is 0 Å². The molecule has 64 heavy (non-hydrogen) atoms. The lowest BCUT2D eigenvalue weighted by molar-refractivity contribution is -0.161. The molecule has 12 heteroatoms. The van der Waals surface area contributed by atoms with E-state index in [-0.39, 0.29) is 25.9 Å². The number of esters is 3. The van der Waals surface area contributed by atoms with Crippen LogP contribution in [0, 0.1) is 0 Å². The second-order valence-corrected chi connectivity index (χ2v) is 17.7. The molecule has 0 radical (unpaired) electrons.